The second-order valence-electron chi connectivity index (χ2n) is 9.62. The molecule has 0 atom stereocenters. The van der Waals surface area contributed by atoms with Gasteiger partial charge in [0.15, 0.2) is 0 Å². The van der Waals surface area contributed by atoms with Crippen LogP contribution in [0, 0.1) is 6.92 Å². The predicted octanol–water partition coefficient (Wildman–Crippen LogP) is 5.34. The van der Waals surface area contributed by atoms with Gasteiger partial charge in [-0.2, -0.15) is 0 Å². The zero-order chi connectivity index (χ0) is 27.8. The van der Waals surface area contributed by atoms with E-state index < -0.39 is 6.03 Å². The van der Waals surface area contributed by atoms with Crippen LogP contribution in [-0.4, -0.2) is 85.7 Å². The summed E-state index contributed by atoms with van der Waals surface area (Å²) in [6, 6.07) is 12.7. The lowest BCUT2D eigenvalue weighted by atomic mass is 10.1. The molecule has 9 nitrogen and oxygen atoms in total. The Morgan fingerprint density at radius 2 is 1.74 bits per heavy atom. The number of ether oxygens (including phenoxy) is 2. The number of urea groups is 1. The van der Waals surface area contributed by atoms with E-state index in [1.54, 1.807) is 23.9 Å². The molecule has 2 N–H and O–H groups in total. The summed E-state index contributed by atoms with van der Waals surface area (Å²) in [6.45, 7) is 7.96. The molecule has 1 aliphatic rings. The van der Waals surface area contributed by atoms with E-state index in [9.17, 15) is 4.79 Å². The summed E-state index contributed by atoms with van der Waals surface area (Å²) in [7, 11) is 3.80. The van der Waals surface area contributed by atoms with Crippen molar-refractivity contribution in [1.82, 2.24) is 19.6 Å². The summed E-state index contributed by atoms with van der Waals surface area (Å²) in [6.07, 6.45) is 1.45. The van der Waals surface area contributed by atoms with Gasteiger partial charge < -0.3 is 19.7 Å². The summed E-state index contributed by atoms with van der Waals surface area (Å²) in [4.78, 5) is 17.9. The van der Waals surface area contributed by atoms with Gasteiger partial charge in [0, 0.05) is 52.1 Å². The molecule has 0 spiro atoms. The Bertz CT molecular complexity index is 1250. The van der Waals surface area contributed by atoms with E-state index in [4.69, 9.17) is 37.8 Å². The molecule has 1 aromatic heterocycles. The standard InChI is InChI=1S/C28H36Cl2N6O3/c1-20-26(32-28(37)31-25-19-24(30)23(29)18-21(25)8-7-16-38-3)36(22-9-5-4-6-10-22)33-27(20)39-17-15-35-13-11-34(2)12-14-35/h4-6,9-10,18-19H,7-8,11-17H2,1-3H3,(H2,31,32,37). The number of carbonyl (C=O) groups is 1. The van der Waals surface area contributed by atoms with Crippen molar-refractivity contribution in [2.24, 2.45) is 0 Å². The van der Waals surface area contributed by atoms with Crippen LogP contribution in [0.25, 0.3) is 5.69 Å². The summed E-state index contributed by atoms with van der Waals surface area (Å²) in [5.41, 5.74) is 3.00. The van der Waals surface area contributed by atoms with Crippen LogP contribution in [0.15, 0.2) is 42.5 Å². The number of halogens is 2. The molecule has 2 aromatic carbocycles. The Morgan fingerprint density at radius 3 is 2.46 bits per heavy atom. The number of aryl methyl sites for hydroxylation is 1. The number of hydrogen-bond donors (Lipinski definition) is 2. The van der Waals surface area contributed by atoms with Crippen molar-refractivity contribution in [3.63, 3.8) is 0 Å². The molecule has 1 saturated heterocycles. The fraction of sp³-hybridized carbons (Fsp3) is 0.429. The third-order valence-corrected chi connectivity index (χ3v) is 7.46. The largest absolute Gasteiger partial charge is 0.475 e. The normalized spacial score (nSPS) is 14.4. The molecule has 39 heavy (non-hydrogen) atoms. The van der Waals surface area contributed by atoms with Gasteiger partial charge in [-0.1, -0.05) is 41.4 Å². The summed E-state index contributed by atoms with van der Waals surface area (Å²) >= 11 is 12.5. The first kappa shape index (κ1) is 29.2. The zero-order valence-corrected chi connectivity index (χ0v) is 24.2. The second-order valence-corrected chi connectivity index (χ2v) is 10.4. The number of para-hydroxylation sites is 1. The number of amides is 2. The number of carbonyl (C=O) groups excluding carboxylic acids is 1. The topological polar surface area (TPSA) is 83.9 Å². The summed E-state index contributed by atoms with van der Waals surface area (Å²) < 4.78 is 13.0. The Morgan fingerprint density at radius 1 is 1.03 bits per heavy atom. The summed E-state index contributed by atoms with van der Waals surface area (Å²) in [5.74, 6) is 1.01. The summed E-state index contributed by atoms with van der Waals surface area (Å²) in [5, 5.41) is 11.4. The van der Waals surface area contributed by atoms with Crippen molar-refractivity contribution in [3.05, 3.63) is 63.6 Å². The maximum Gasteiger partial charge on any atom is 0.324 e. The van der Waals surface area contributed by atoms with E-state index in [-0.39, 0.29) is 0 Å². The number of nitrogens with zero attached hydrogens (tertiary/aromatic N) is 4. The van der Waals surface area contributed by atoms with Gasteiger partial charge in [-0.15, -0.1) is 5.10 Å². The van der Waals surface area contributed by atoms with Gasteiger partial charge in [0.25, 0.3) is 0 Å². The van der Waals surface area contributed by atoms with Gasteiger partial charge in [-0.3, -0.25) is 10.2 Å². The number of anilines is 2. The average Bonchev–Trinajstić information content (AvgIpc) is 3.23. The number of nitrogens with one attached hydrogen (secondary N) is 2. The van der Waals surface area contributed by atoms with E-state index in [1.807, 2.05) is 37.3 Å². The van der Waals surface area contributed by atoms with E-state index >= 15 is 0 Å². The molecule has 2 heterocycles. The fourth-order valence-corrected chi connectivity index (χ4v) is 4.79. The number of likely N-dealkylation sites (N-methyl/N-ethyl adjacent to an activating group) is 1. The van der Waals surface area contributed by atoms with Crippen LogP contribution in [0.3, 0.4) is 0 Å². The molecule has 11 heteroatoms. The number of aromatic nitrogens is 2. The molecule has 0 unspecified atom stereocenters. The van der Waals surface area contributed by atoms with Crippen molar-refractivity contribution in [2.45, 2.75) is 19.8 Å². The molecule has 0 aliphatic carbocycles. The lowest BCUT2D eigenvalue weighted by Gasteiger charge is -2.32. The monoisotopic (exact) mass is 574 g/mol. The van der Waals surface area contributed by atoms with Crippen LogP contribution in [0.5, 0.6) is 5.88 Å². The minimum atomic E-state index is -0.425. The van der Waals surface area contributed by atoms with Gasteiger partial charge >= 0.3 is 6.03 Å². The second kappa shape index (κ2) is 14.0. The first-order valence-electron chi connectivity index (χ1n) is 13.1. The number of benzene rings is 2. The highest BCUT2D eigenvalue weighted by Gasteiger charge is 2.21. The number of hydrogen-bond acceptors (Lipinski definition) is 6. The Labute approximate surface area is 240 Å². The molecule has 0 saturated carbocycles. The SMILES string of the molecule is COCCCc1cc(Cl)c(Cl)cc1NC(=O)Nc1c(C)c(OCCN2CCN(C)CC2)nn1-c1ccccc1. The van der Waals surface area contributed by atoms with Crippen molar-refractivity contribution < 1.29 is 14.3 Å². The highest BCUT2D eigenvalue weighted by Crippen LogP contribution is 2.31. The predicted molar refractivity (Wildman–Crippen MR) is 157 cm³/mol. The Kier molecular flexibility index (Phi) is 10.5. The third-order valence-electron chi connectivity index (χ3n) is 6.74. The fourth-order valence-electron chi connectivity index (χ4n) is 4.44. The molecule has 0 radical (unpaired) electrons. The molecule has 0 bridgehead atoms. The molecule has 1 aliphatic heterocycles. The molecule has 1 fully saturated rings. The van der Waals surface area contributed by atoms with Crippen LogP contribution in [0.1, 0.15) is 17.5 Å². The van der Waals surface area contributed by atoms with Gasteiger partial charge in [-0.25, -0.2) is 9.48 Å². The van der Waals surface area contributed by atoms with E-state index in [1.165, 1.54) is 0 Å². The van der Waals surface area contributed by atoms with E-state index in [0.29, 0.717) is 47.1 Å². The van der Waals surface area contributed by atoms with Crippen LogP contribution in [0.4, 0.5) is 16.3 Å². The number of rotatable bonds is 11. The molecule has 4 rings (SSSR count). The highest BCUT2D eigenvalue weighted by atomic mass is 35.5. The van der Waals surface area contributed by atoms with Gasteiger partial charge in [0.05, 0.1) is 21.3 Å². The molecule has 2 amide bonds. The van der Waals surface area contributed by atoms with E-state index in [0.717, 1.165) is 56.0 Å². The third kappa shape index (κ3) is 7.86. The Balaban J connectivity index is 1.50. The lowest BCUT2D eigenvalue weighted by molar-refractivity contribution is 0.132. The molecule has 210 valence electrons. The van der Waals surface area contributed by atoms with Gasteiger partial charge in [0.1, 0.15) is 12.4 Å². The number of piperazine rings is 1. The van der Waals surface area contributed by atoms with Crippen molar-refractivity contribution in [1.29, 1.82) is 0 Å². The minimum absolute atomic E-state index is 0.365. The maximum absolute atomic E-state index is 13.2. The Hall–Kier alpha value is -2.82. The van der Waals surface area contributed by atoms with Gasteiger partial charge in [0.2, 0.25) is 5.88 Å². The van der Waals surface area contributed by atoms with Crippen LogP contribution in [0.2, 0.25) is 10.0 Å². The van der Waals surface area contributed by atoms with Crippen LogP contribution < -0.4 is 15.4 Å². The van der Waals surface area contributed by atoms with Crippen molar-refractivity contribution >= 4 is 40.7 Å². The maximum atomic E-state index is 13.2. The highest BCUT2D eigenvalue weighted by molar-refractivity contribution is 6.42. The quantitative estimate of drug-likeness (QED) is 0.301. The zero-order valence-electron chi connectivity index (χ0n) is 22.7. The first-order valence-corrected chi connectivity index (χ1v) is 13.8. The molecular formula is C28H36Cl2N6O3. The first-order chi connectivity index (χ1) is 18.9. The van der Waals surface area contributed by atoms with Crippen LogP contribution in [-0.2, 0) is 11.2 Å². The average molecular weight is 576 g/mol. The van der Waals surface area contributed by atoms with Gasteiger partial charge in [-0.05, 0) is 56.6 Å². The van der Waals surface area contributed by atoms with Crippen LogP contribution >= 0.6 is 23.2 Å². The number of methoxy groups -OCH3 is 1. The minimum Gasteiger partial charge on any atom is -0.475 e. The van der Waals surface area contributed by atoms with E-state index in [2.05, 4.69) is 27.5 Å². The molecule has 3 aromatic rings. The van der Waals surface area contributed by atoms with Crippen molar-refractivity contribution in [2.75, 3.05) is 70.7 Å². The molecular weight excluding hydrogens is 539 g/mol. The smallest absolute Gasteiger partial charge is 0.324 e. The van der Waals surface area contributed by atoms with Crippen molar-refractivity contribution in [3.8, 4) is 11.6 Å². The lowest BCUT2D eigenvalue weighted by Crippen LogP contribution is -2.45.